The van der Waals surface area contributed by atoms with Gasteiger partial charge in [0.25, 0.3) is 5.56 Å². The van der Waals surface area contributed by atoms with Crippen molar-refractivity contribution in [3.8, 4) is 11.4 Å². The van der Waals surface area contributed by atoms with Gasteiger partial charge in [0.05, 0.1) is 11.4 Å². The van der Waals surface area contributed by atoms with Gasteiger partial charge in [-0.2, -0.15) is 0 Å². The molecule has 0 saturated heterocycles. The van der Waals surface area contributed by atoms with E-state index in [-0.39, 0.29) is 28.0 Å². The van der Waals surface area contributed by atoms with Crippen LogP contribution in [0.4, 0.5) is 18.3 Å². The molecule has 0 fully saturated rings. The number of aromatic amines is 1. The highest BCUT2D eigenvalue weighted by Crippen LogP contribution is 2.28. The van der Waals surface area contributed by atoms with Crippen LogP contribution in [-0.2, 0) is 4.79 Å². The lowest BCUT2D eigenvalue weighted by molar-refractivity contribution is -0.274. The van der Waals surface area contributed by atoms with Crippen LogP contribution < -0.4 is 15.6 Å². The van der Waals surface area contributed by atoms with Crippen molar-refractivity contribution in [1.82, 2.24) is 24.7 Å². The summed E-state index contributed by atoms with van der Waals surface area (Å²) in [6.07, 6.45) is -4.84. The lowest BCUT2D eigenvalue weighted by Crippen LogP contribution is -2.23. The Labute approximate surface area is 208 Å². The molecule has 0 bridgehead atoms. The fourth-order valence-electron chi connectivity index (χ4n) is 3.50. The zero-order chi connectivity index (χ0) is 25.4. The molecule has 2 aromatic carbocycles. The van der Waals surface area contributed by atoms with Crippen LogP contribution in [0.25, 0.3) is 27.6 Å². The number of alkyl halides is 3. The number of ether oxygens (including phenoxy) is 1. The summed E-state index contributed by atoms with van der Waals surface area (Å²) in [7, 11) is 0. The Hall–Kier alpha value is -3.91. The Morgan fingerprint density at radius 1 is 1.17 bits per heavy atom. The van der Waals surface area contributed by atoms with Crippen LogP contribution in [0.2, 0.25) is 0 Å². The van der Waals surface area contributed by atoms with Gasteiger partial charge in [-0.15, -0.1) is 23.4 Å². The van der Waals surface area contributed by atoms with E-state index in [1.165, 1.54) is 28.0 Å². The summed E-state index contributed by atoms with van der Waals surface area (Å²) in [6.45, 7) is 1.76. The number of thioether (sulfide) groups is 1. The third kappa shape index (κ3) is 4.90. The third-order valence-corrected chi connectivity index (χ3v) is 6.62. The van der Waals surface area contributed by atoms with Gasteiger partial charge < -0.3 is 9.72 Å². The predicted molar refractivity (Wildman–Crippen MR) is 130 cm³/mol. The van der Waals surface area contributed by atoms with Crippen molar-refractivity contribution in [3.63, 3.8) is 0 Å². The number of amides is 1. The van der Waals surface area contributed by atoms with Crippen molar-refractivity contribution in [1.29, 1.82) is 0 Å². The second-order valence-corrected chi connectivity index (χ2v) is 9.56. The molecule has 5 rings (SSSR count). The van der Waals surface area contributed by atoms with E-state index < -0.39 is 17.7 Å². The number of nitrogens with one attached hydrogen (secondary N) is 2. The van der Waals surface area contributed by atoms with Gasteiger partial charge in [0.2, 0.25) is 11.0 Å². The number of benzene rings is 2. The molecule has 9 nitrogen and oxygen atoms in total. The average Bonchev–Trinajstić information content (AvgIpc) is 3.41. The van der Waals surface area contributed by atoms with Gasteiger partial charge in [-0.1, -0.05) is 41.3 Å². The molecule has 5 aromatic rings. The molecule has 0 aliphatic carbocycles. The number of rotatable bonds is 6. The Morgan fingerprint density at radius 3 is 2.61 bits per heavy atom. The normalized spacial score (nSPS) is 11.8. The Kier molecular flexibility index (Phi) is 6.14. The lowest BCUT2D eigenvalue weighted by Gasteiger charge is -2.13. The molecule has 0 atom stereocenters. The molecular formula is C22H15F3N6O3S2. The summed E-state index contributed by atoms with van der Waals surface area (Å²) in [6, 6.07) is 12.1. The van der Waals surface area contributed by atoms with Crippen molar-refractivity contribution in [2.24, 2.45) is 0 Å². The molecule has 14 heteroatoms. The number of aryl methyl sites for hydroxylation is 1. The predicted octanol–water partition coefficient (Wildman–Crippen LogP) is 4.66. The number of halogens is 3. The topological polar surface area (TPSA) is 115 Å². The minimum Gasteiger partial charge on any atom is -0.406 e. The van der Waals surface area contributed by atoms with Crippen LogP contribution in [0, 0.1) is 6.92 Å². The van der Waals surface area contributed by atoms with Gasteiger partial charge in [0.15, 0.2) is 5.16 Å². The average molecular weight is 533 g/mol. The van der Waals surface area contributed by atoms with Gasteiger partial charge in [0, 0.05) is 10.9 Å². The van der Waals surface area contributed by atoms with Crippen molar-refractivity contribution < 1.29 is 22.7 Å². The molecule has 1 amide bonds. The first-order valence-electron chi connectivity index (χ1n) is 10.3. The summed E-state index contributed by atoms with van der Waals surface area (Å²) in [5.41, 5.74) is 1.13. The standard InChI is InChI=1S/C22H15F3N6O3S2/c1-11-29-30-20(36-11)27-16(32)10-35-21-28-17-14-4-2-3-5-15(14)26-18(17)19(33)31(21)12-6-8-13(9-7-12)34-22(23,24)25/h2-9,26H,10H2,1H3,(H,27,30,32). The maximum atomic E-state index is 13.5. The van der Waals surface area contributed by atoms with Crippen LogP contribution in [0.5, 0.6) is 5.75 Å². The van der Waals surface area contributed by atoms with Gasteiger partial charge in [-0.05, 0) is 37.3 Å². The van der Waals surface area contributed by atoms with Gasteiger partial charge >= 0.3 is 6.36 Å². The Morgan fingerprint density at radius 2 is 1.92 bits per heavy atom. The highest BCUT2D eigenvalue weighted by Gasteiger charge is 2.31. The number of H-pyrrole nitrogens is 1. The molecule has 0 unspecified atom stereocenters. The highest BCUT2D eigenvalue weighted by atomic mass is 32.2. The van der Waals surface area contributed by atoms with Crippen LogP contribution in [0.3, 0.4) is 0 Å². The van der Waals surface area contributed by atoms with Crippen LogP contribution >= 0.6 is 23.1 Å². The summed E-state index contributed by atoms with van der Waals surface area (Å²) in [5.74, 6) is -0.918. The molecular weight excluding hydrogens is 517 g/mol. The van der Waals surface area contributed by atoms with Crippen molar-refractivity contribution >= 4 is 56.1 Å². The van der Waals surface area contributed by atoms with E-state index in [0.29, 0.717) is 21.2 Å². The summed E-state index contributed by atoms with van der Waals surface area (Å²) in [4.78, 5) is 33.7. The molecule has 0 aliphatic heterocycles. The van der Waals surface area contributed by atoms with Crippen LogP contribution in [0.15, 0.2) is 58.5 Å². The molecule has 3 heterocycles. The molecule has 0 saturated carbocycles. The van der Waals surface area contributed by atoms with Crippen molar-refractivity contribution in [2.75, 3.05) is 11.1 Å². The Balaban J connectivity index is 1.54. The molecule has 184 valence electrons. The number of nitrogens with zero attached hydrogens (tertiary/aromatic N) is 4. The number of para-hydroxylation sites is 1. The molecule has 0 aliphatic rings. The third-order valence-electron chi connectivity index (χ3n) is 4.93. The fraction of sp³-hybridized carbons (Fsp3) is 0.136. The summed E-state index contributed by atoms with van der Waals surface area (Å²) in [5, 5.41) is 12.3. The van der Waals surface area contributed by atoms with Crippen molar-refractivity contribution in [3.05, 3.63) is 63.9 Å². The highest BCUT2D eigenvalue weighted by molar-refractivity contribution is 7.99. The first kappa shape index (κ1) is 23.8. The SMILES string of the molecule is Cc1nnc(NC(=O)CSc2nc3c([nH]c4ccccc43)c(=O)n2-c2ccc(OC(F)(F)F)cc2)s1. The largest absolute Gasteiger partial charge is 0.573 e. The lowest BCUT2D eigenvalue weighted by atomic mass is 10.2. The number of hydrogen-bond donors (Lipinski definition) is 2. The summed E-state index contributed by atoms with van der Waals surface area (Å²) < 4.78 is 42.8. The smallest absolute Gasteiger partial charge is 0.406 e. The van der Waals surface area contributed by atoms with E-state index in [0.717, 1.165) is 29.3 Å². The number of fused-ring (bicyclic) bond motifs is 3. The van der Waals surface area contributed by atoms with E-state index in [4.69, 9.17) is 0 Å². The maximum absolute atomic E-state index is 13.5. The Bertz CT molecular complexity index is 1640. The van der Waals surface area contributed by atoms with Gasteiger partial charge in [0.1, 0.15) is 21.8 Å². The minimum atomic E-state index is -4.84. The van der Waals surface area contributed by atoms with E-state index in [1.54, 1.807) is 13.0 Å². The molecule has 36 heavy (non-hydrogen) atoms. The first-order chi connectivity index (χ1) is 17.2. The van der Waals surface area contributed by atoms with E-state index >= 15 is 0 Å². The minimum absolute atomic E-state index is 0.103. The second-order valence-electron chi connectivity index (χ2n) is 7.43. The molecule has 0 radical (unpaired) electrons. The van der Waals surface area contributed by atoms with E-state index in [1.807, 2.05) is 18.2 Å². The maximum Gasteiger partial charge on any atom is 0.573 e. The monoisotopic (exact) mass is 532 g/mol. The van der Waals surface area contributed by atoms with E-state index in [9.17, 15) is 22.8 Å². The number of carbonyl (C=O) groups excluding carboxylic acids is 1. The summed E-state index contributed by atoms with van der Waals surface area (Å²) >= 11 is 2.22. The molecule has 2 N–H and O–H groups in total. The zero-order valence-corrected chi connectivity index (χ0v) is 19.9. The van der Waals surface area contributed by atoms with Crippen LogP contribution in [-0.4, -0.2) is 42.8 Å². The number of hydrogen-bond acceptors (Lipinski definition) is 8. The molecule has 0 spiro atoms. The van der Waals surface area contributed by atoms with Gasteiger partial charge in [-0.3, -0.25) is 19.5 Å². The second kappa shape index (κ2) is 9.28. The number of carbonyl (C=O) groups is 1. The quantitative estimate of drug-likeness (QED) is 0.242. The fourth-order valence-corrected chi connectivity index (χ4v) is 4.91. The van der Waals surface area contributed by atoms with Crippen molar-refractivity contribution in [2.45, 2.75) is 18.4 Å². The molecule has 3 aromatic heterocycles. The first-order valence-corrected chi connectivity index (χ1v) is 12.1. The zero-order valence-electron chi connectivity index (χ0n) is 18.3. The van der Waals surface area contributed by atoms with Gasteiger partial charge in [-0.25, -0.2) is 4.98 Å². The van der Waals surface area contributed by atoms with Crippen LogP contribution in [0.1, 0.15) is 5.01 Å². The number of anilines is 1. The number of aromatic nitrogens is 5. The van der Waals surface area contributed by atoms with E-state index in [2.05, 4.69) is 30.2 Å².